The molecule has 2 aliphatic rings. The summed E-state index contributed by atoms with van der Waals surface area (Å²) in [5.41, 5.74) is 0.967. The highest BCUT2D eigenvalue weighted by atomic mass is 35.5. The number of anilines is 1. The lowest BCUT2D eigenvalue weighted by molar-refractivity contribution is -0.122. The van der Waals surface area contributed by atoms with Crippen LogP contribution in [0.4, 0.5) is 5.69 Å². The maximum atomic E-state index is 12.5. The predicted octanol–water partition coefficient (Wildman–Crippen LogP) is 2.93. The number of halogens is 1. The van der Waals surface area contributed by atoms with E-state index in [0.717, 1.165) is 31.7 Å². The normalized spacial score (nSPS) is 25.0. The second-order valence-electron chi connectivity index (χ2n) is 5.37. The molecule has 3 nitrogen and oxygen atoms in total. The van der Waals surface area contributed by atoms with E-state index in [1.54, 1.807) is 0 Å². The third kappa shape index (κ3) is 2.63. The molecular weight excluding hydrogens is 260 g/mol. The molecule has 102 valence electrons. The highest BCUT2D eigenvalue weighted by Crippen LogP contribution is 2.27. The van der Waals surface area contributed by atoms with Gasteiger partial charge in [0, 0.05) is 17.3 Å². The molecular formula is C15H19ClN2O. The average Bonchev–Trinajstić information content (AvgIpc) is 2.83. The fourth-order valence-corrected chi connectivity index (χ4v) is 3.24. The quantitative estimate of drug-likeness (QED) is 0.830. The second kappa shape index (κ2) is 5.51. The van der Waals surface area contributed by atoms with E-state index < -0.39 is 0 Å². The van der Waals surface area contributed by atoms with Gasteiger partial charge in [0.05, 0.1) is 6.04 Å². The van der Waals surface area contributed by atoms with Crippen molar-refractivity contribution in [3.05, 3.63) is 29.3 Å². The Morgan fingerprint density at radius 1 is 1.00 bits per heavy atom. The van der Waals surface area contributed by atoms with Gasteiger partial charge in [-0.15, -0.1) is 0 Å². The van der Waals surface area contributed by atoms with E-state index in [1.165, 1.54) is 19.3 Å². The number of rotatable bonds is 2. The Morgan fingerprint density at radius 2 is 1.68 bits per heavy atom. The highest BCUT2D eigenvalue weighted by molar-refractivity contribution is 6.30. The van der Waals surface area contributed by atoms with Crippen LogP contribution in [-0.4, -0.2) is 36.5 Å². The van der Waals surface area contributed by atoms with Crippen molar-refractivity contribution in [2.24, 2.45) is 0 Å². The number of likely N-dealkylation sites (tertiary alicyclic amines) is 1. The third-order valence-corrected chi connectivity index (χ3v) is 4.40. The van der Waals surface area contributed by atoms with E-state index in [1.807, 2.05) is 29.2 Å². The number of carbonyl (C=O) groups is 1. The minimum absolute atomic E-state index is 0.0935. The molecule has 3 rings (SSSR count). The van der Waals surface area contributed by atoms with E-state index in [-0.39, 0.29) is 11.9 Å². The first kappa shape index (κ1) is 12.9. The number of benzene rings is 1. The van der Waals surface area contributed by atoms with Crippen LogP contribution in [0.2, 0.25) is 5.02 Å². The van der Waals surface area contributed by atoms with Crippen LogP contribution in [0.15, 0.2) is 24.3 Å². The summed E-state index contributed by atoms with van der Waals surface area (Å²) in [5.74, 6) is 0.254. The molecule has 0 saturated carbocycles. The van der Waals surface area contributed by atoms with Gasteiger partial charge in [-0.05, 0) is 56.6 Å². The molecule has 2 saturated heterocycles. The smallest absolute Gasteiger partial charge is 0.244 e. The molecule has 2 fully saturated rings. The van der Waals surface area contributed by atoms with Crippen LogP contribution in [0.25, 0.3) is 0 Å². The zero-order valence-corrected chi connectivity index (χ0v) is 11.8. The van der Waals surface area contributed by atoms with Crippen LogP contribution in [0.1, 0.15) is 25.7 Å². The lowest BCUT2D eigenvalue weighted by Crippen LogP contribution is -2.44. The first-order valence-corrected chi connectivity index (χ1v) is 7.44. The molecule has 0 N–H and O–H groups in total. The number of amides is 1. The maximum absolute atomic E-state index is 12.5. The Hall–Kier alpha value is -1.06. The Balaban J connectivity index is 1.72. The molecule has 0 radical (unpaired) electrons. The number of nitrogens with zero attached hydrogens (tertiary/aromatic N) is 2. The predicted molar refractivity (Wildman–Crippen MR) is 77.6 cm³/mol. The van der Waals surface area contributed by atoms with Crippen molar-refractivity contribution in [3.8, 4) is 0 Å². The second-order valence-corrected chi connectivity index (χ2v) is 5.80. The van der Waals surface area contributed by atoms with Gasteiger partial charge >= 0.3 is 0 Å². The lowest BCUT2D eigenvalue weighted by atomic mass is 10.1. The van der Waals surface area contributed by atoms with Gasteiger partial charge in [0.25, 0.3) is 0 Å². The summed E-state index contributed by atoms with van der Waals surface area (Å²) in [6, 6.07) is 7.64. The van der Waals surface area contributed by atoms with Gasteiger partial charge in [-0.1, -0.05) is 18.0 Å². The summed E-state index contributed by atoms with van der Waals surface area (Å²) >= 11 is 5.89. The minimum atomic E-state index is 0.0935. The van der Waals surface area contributed by atoms with Gasteiger partial charge < -0.3 is 4.90 Å². The summed E-state index contributed by atoms with van der Waals surface area (Å²) in [5, 5.41) is 0.711. The molecule has 0 aromatic heterocycles. The van der Waals surface area contributed by atoms with E-state index in [9.17, 15) is 4.79 Å². The molecule has 2 heterocycles. The number of piperidine rings is 1. The summed E-state index contributed by atoms with van der Waals surface area (Å²) in [6.45, 7) is 2.97. The van der Waals surface area contributed by atoms with Crippen LogP contribution >= 0.6 is 11.6 Å². The monoisotopic (exact) mass is 278 g/mol. The van der Waals surface area contributed by atoms with E-state index in [2.05, 4.69) is 4.90 Å². The Kier molecular flexibility index (Phi) is 3.76. The molecule has 0 spiro atoms. The summed E-state index contributed by atoms with van der Waals surface area (Å²) in [7, 11) is 0. The molecule has 0 bridgehead atoms. The highest BCUT2D eigenvalue weighted by Gasteiger charge is 2.36. The van der Waals surface area contributed by atoms with Crippen LogP contribution in [0.5, 0.6) is 0 Å². The lowest BCUT2D eigenvalue weighted by Gasteiger charge is -2.31. The Labute approximate surface area is 119 Å². The number of hydrogen-bond acceptors (Lipinski definition) is 2. The van der Waals surface area contributed by atoms with Crippen molar-refractivity contribution in [1.82, 2.24) is 4.90 Å². The molecule has 4 heteroatoms. The number of hydrogen-bond donors (Lipinski definition) is 0. The summed E-state index contributed by atoms with van der Waals surface area (Å²) < 4.78 is 0. The molecule has 1 atom stereocenters. The van der Waals surface area contributed by atoms with Crippen molar-refractivity contribution in [3.63, 3.8) is 0 Å². The Bertz CT molecular complexity index is 454. The third-order valence-electron chi connectivity index (χ3n) is 4.15. The SMILES string of the molecule is O=C1[C@@H](N2CCCCC2)CCN1c1ccc(Cl)cc1. The van der Waals surface area contributed by atoms with Crippen molar-refractivity contribution in [2.75, 3.05) is 24.5 Å². The van der Waals surface area contributed by atoms with Crippen molar-refractivity contribution >= 4 is 23.2 Å². The average molecular weight is 279 g/mol. The maximum Gasteiger partial charge on any atom is 0.244 e. The molecule has 2 aliphatic heterocycles. The zero-order chi connectivity index (χ0) is 13.2. The fourth-order valence-electron chi connectivity index (χ4n) is 3.11. The zero-order valence-electron chi connectivity index (χ0n) is 11.0. The van der Waals surface area contributed by atoms with Crippen molar-refractivity contribution in [2.45, 2.75) is 31.7 Å². The summed E-state index contributed by atoms with van der Waals surface area (Å²) in [4.78, 5) is 16.8. The van der Waals surface area contributed by atoms with Gasteiger partial charge in [0.1, 0.15) is 0 Å². The van der Waals surface area contributed by atoms with Gasteiger partial charge in [-0.3, -0.25) is 9.69 Å². The standard InChI is InChI=1S/C15H19ClN2O/c16-12-4-6-13(7-5-12)18-11-8-14(15(18)19)17-9-2-1-3-10-17/h4-7,14H,1-3,8-11H2/t14-/m0/s1. The first-order chi connectivity index (χ1) is 9.25. The fraction of sp³-hybridized carbons (Fsp3) is 0.533. The molecule has 1 aromatic carbocycles. The molecule has 0 aliphatic carbocycles. The van der Waals surface area contributed by atoms with Crippen molar-refractivity contribution in [1.29, 1.82) is 0 Å². The van der Waals surface area contributed by atoms with Crippen LogP contribution in [0.3, 0.4) is 0 Å². The Morgan fingerprint density at radius 3 is 2.37 bits per heavy atom. The van der Waals surface area contributed by atoms with Gasteiger partial charge in [0.2, 0.25) is 5.91 Å². The topological polar surface area (TPSA) is 23.6 Å². The first-order valence-electron chi connectivity index (χ1n) is 7.07. The van der Waals surface area contributed by atoms with Crippen LogP contribution in [0, 0.1) is 0 Å². The molecule has 1 aromatic rings. The summed E-state index contributed by atoms with van der Waals surface area (Å²) in [6.07, 6.45) is 4.70. The number of carbonyl (C=O) groups excluding carboxylic acids is 1. The van der Waals surface area contributed by atoms with E-state index in [0.29, 0.717) is 5.02 Å². The van der Waals surface area contributed by atoms with Gasteiger partial charge in [-0.2, -0.15) is 0 Å². The van der Waals surface area contributed by atoms with Crippen LogP contribution in [-0.2, 0) is 4.79 Å². The van der Waals surface area contributed by atoms with E-state index >= 15 is 0 Å². The minimum Gasteiger partial charge on any atom is -0.311 e. The van der Waals surface area contributed by atoms with Crippen molar-refractivity contribution < 1.29 is 4.79 Å². The molecule has 1 amide bonds. The molecule has 19 heavy (non-hydrogen) atoms. The molecule has 0 unspecified atom stereocenters. The van der Waals surface area contributed by atoms with Gasteiger partial charge in [0.15, 0.2) is 0 Å². The largest absolute Gasteiger partial charge is 0.311 e. The van der Waals surface area contributed by atoms with E-state index in [4.69, 9.17) is 11.6 Å². The van der Waals surface area contributed by atoms with Gasteiger partial charge in [-0.25, -0.2) is 0 Å². The van der Waals surface area contributed by atoms with Crippen LogP contribution < -0.4 is 4.90 Å².